The molecule has 1 heterocycles. The van der Waals surface area contributed by atoms with Crippen LogP contribution in [-0.4, -0.2) is 22.9 Å². The van der Waals surface area contributed by atoms with Crippen LogP contribution in [0, 0.1) is 0 Å². The van der Waals surface area contributed by atoms with Gasteiger partial charge in [0.25, 0.3) is 0 Å². The van der Waals surface area contributed by atoms with Gasteiger partial charge in [0, 0.05) is 18.0 Å². The lowest BCUT2D eigenvalue weighted by molar-refractivity contribution is 0.111. The third kappa shape index (κ3) is 3.25. The molecule has 0 N–H and O–H groups in total. The molecule has 0 spiro atoms. The molecule has 0 unspecified atom stereocenters. The van der Waals surface area contributed by atoms with Crippen LogP contribution in [0.3, 0.4) is 0 Å². The molecule has 0 atom stereocenters. The Labute approximate surface area is 111 Å². The van der Waals surface area contributed by atoms with E-state index in [0.717, 1.165) is 23.8 Å². The molecule has 0 radical (unpaired) electrons. The maximum Gasteiger partial charge on any atom is 0.153 e. The molecule has 0 aliphatic rings. The first-order chi connectivity index (χ1) is 9.35. The molecule has 4 nitrogen and oxygen atoms in total. The van der Waals surface area contributed by atoms with E-state index in [4.69, 9.17) is 4.74 Å². The van der Waals surface area contributed by atoms with Crippen molar-refractivity contribution in [3.63, 3.8) is 0 Å². The molecule has 0 saturated carbocycles. The number of ether oxygens (including phenoxy) is 1. The van der Waals surface area contributed by atoms with Crippen LogP contribution in [-0.2, 0) is 0 Å². The minimum Gasteiger partial charge on any atom is -0.493 e. The van der Waals surface area contributed by atoms with Crippen LogP contribution in [0.25, 0.3) is 11.1 Å². The van der Waals surface area contributed by atoms with Gasteiger partial charge < -0.3 is 4.74 Å². The summed E-state index contributed by atoms with van der Waals surface area (Å²) in [4.78, 5) is 19.0. The fourth-order valence-electron chi connectivity index (χ4n) is 1.65. The standard InChI is InChI=1S/C15H14N2O2/c1-2-3-6-19-15-5-4-12(7-13(15)10-18)14-8-16-11-17-9-14/h2,4-5,7-11H,1,3,6H2. The monoisotopic (exact) mass is 254 g/mol. The number of aromatic nitrogens is 2. The van der Waals surface area contributed by atoms with Crippen LogP contribution in [0.1, 0.15) is 16.8 Å². The Morgan fingerprint density at radius 2 is 2.00 bits per heavy atom. The van der Waals surface area contributed by atoms with Gasteiger partial charge in [-0.15, -0.1) is 6.58 Å². The van der Waals surface area contributed by atoms with Gasteiger partial charge in [0.15, 0.2) is 6.29 Å². The van der Waals surface area contributed by atoms with Crippen molar-refractivity contribution in [2.75, 3.05) is 6.61 Å². The molecule has 0 fully saturated rings. The van der Waals surface area contributed by atoms with E-state index in [9.17, 15) is 4.79 Å². The third-order valence-electron chi connectivity index (χ3n) is 2.61. The van der Waals surface area contributed by atoms with Crippen molar-refractivity contribution >= 4 is 6.29 Å². The minimum atomic E-state index is 0.512. The molecule has 0 saturated heterocycles. The Hall–Kier alpha value is -2.49. The lowest BCUT2D eigenvalue weighted by atomic mass is 10.1. The van der Waals surface area contributed by atoms with E-state index in [1.54, 1.807) is 30.6 Å². The molecular formula is C15H14N2O2. The van der Waals surface area contributed by atoms with Crippen LogP contribution in [0.4, 0.5) is 0 Å². The van der Waals surface area contributed by atoms with Gasteiger partial charge in [0.05, 0.1) is 12.2 Å². The highest BCUT2D eigenvalue weighted by molar-refractivity contribution is 5.82. The molecule has 2 rings (SSSR count). The Bertz CT molecular complexity index is 568. The van der Waals surface area contributed by atoms with Crippen molar-refractivity contribution in [1.29, 1.82) is 0 Å². The lowest BCUT2D eigenvalue weighted by Gasteiger charge is -2.09. The Kier molecular flexibility index (Phi) is 4.39. The van der Waals surface area contributed by atoms with Gasteiger partial charge in [-0.1, -0.05) is 12.1 Å². The average Bonchev–Trinajstić information content (AvgIpc) is 2.48. The number of hydrogen-bond donors (Lipinski definition) is 0. The number of rotatable bonds is 6. The maximum atomic E-state index is 11.1. The van der Waals surface area contributed by atoms with E-state index < -0.39 is 0 Å². The van der Waals surface area contributed by atoms with Gasteiger partial charge in [0.1, 0.15) is 12.1 Å². The summed E-state index contributed by atoms with van der Waals surface area (Å²) in [5, 5.41) is 0. The second kappa shape index (κ2) is 6.44. The fourth-order valence-corrected chi connectivity index (χ4v) is 1.65. The predicted molar refractivity (Wildman–Crippen MR) is 73.2 cm³/mol. The highest BCUT2D eigenvalue weighted by atomic mass is 16.5. The average molecular weight is 254 g/mol. The van der Waals surface area contributed by atoms with E-state index in [2.05, 4.69) is 16.5 Å². The van der Waals surface area contributed by atoms with Crippen LogP contribution < -0.4 is 4.74 Å². The number of carbonyl (C=O) groups excluding carboxylic acids is 1. The predicted octanol–water partition coefficient (Wildman–Crippen LogP) is 2.91. The molecule has 1 aromatic carbocycles. The second-order valence-electron chi connectivity index (χ2n) is 3.92. The molecule has 1 aromatic heterocycles. The lowest BCUT2D eigenvalue weighted by Crippen LogP contribution is -1.99. The number of carbonyl (C=O) groups is 1. The quantitative estimate of drug-likeness (QED) is 0.452. The highest BCUT2D eigenvalue weighted by Crippen LogP contribution is 2.25. The first-order valence-electron chi connectivity index (χ1n) is 5.93. The summed E-state index contributed by atoms with van der Waals surface area (Å²) in [6.45, 7) is 4.14. The summed E-state index contributed by atoms with van der Waals surface area (Å²) in [6, 6.07) is 5.44. The van der Waals surface area contributed by atoms with Gasteiger partial charge >= 0.3 is 0 Å². The Morgan fingerprint density at radius 3 is 2.68 bits per heavy atom. The number of aldehydes is 1. The van der Waals surface area contributed by atoms with E-state index in [1.807, 2.05) is 6.07 Å². The largest absolute Gasteiger partial charge is 0.493 e. The molecule has 0 aliphatic carbocycles. The fraction of sp³-hybridized carbons (Fsp3) is 0.133. The van der Waals surface area contributed by atoms with E-state index >= 15 is 0 Å². The first-order valence-corrected chi connectivity index (χ1v) is 5.93. The molecule has 2 aromatic rings. The topological polar surface area (TPSA) is 52.1 Å². The summed E-state index contributed by atoms with van der Waals surface area (Å²) < 4.78 is 5.53. The molecule has 19 heavy (non-hydrogen) atoms. The van der Waals surface area contributed by atoms with Crippen molar-refractivity contribution in [1.82, 2.24) is 9.97 Å². The third-order valence-corrected chi connectivity index (χ3v) is 2.61. The summed E-state index contributed by atoms with van der Waals surface area (Å²) in [5.41, 5.74) is 2.27. The summed E-state index contributed by atoms with van der Waals surface area (Å²) in [5.74, 6) is 0.581. The summed E-state index contributed by atoms with van der Waals surface area (Å²) in [6.07, 6.45) is 8.18. The minimum absolute atomic E-state index is 0.512. The molecule has 4 heteroatoms. The SMILES string of the molecule is C=CCCOc1ccc(-c2cncnc2)cc1C=O. The Morgan fingerprint density at radius 1 is 1.21 bits per heavy atom. The molecular weight excluding hydrogens is 240 g/mol. The van der Waals surface area contributed by atoms with Crippen LogP contribution >= 0.6 is 0 Å². The second-order valence-corrected chi connectivity index (χ2v) is 3.92. The first kappa shape index (κ1) is 13.0. The van der Waals surface area contributed by atoms with Crippen LogP contribution in [0.5, 0.6) is 5.75 Å². The Balaban J connectivity index is 2.25. The smallest absolute Gasteiger partial charge is 0.153 e. The van der Waals surface area contributed by atoms with Crippen molar-refractivity contribution in [2.45, 2.75) is 6.42 Å². The van der Waals surface area contributed by atoms with Crippen molar-refractivity contribution in [3.05, 3.63) is 55.1 Å². The van der Waals surface area contributed by atoms with Crippen molar-refractivity contribution in [2.24, 2.45) is 0 Å². The van der Waals surface area contributed by atoms with Gasteiger partial charge in [-0.25, -0.2) is 9.97 Å². The highest BCUT2D eigenvalue weighted by Gasteiger charge is 2.06. The zero-order valence-electron chi connectivity index (χ0n) is 10.5. The summed E-state index contributed by atoms with van der Waals surface area (Å²) in [7, 11) is 0. The maximum absolute atomic E-state index is 11.1. The van der Waals surface area contributed by atoms with Crippen LogP contribution in [0.2, 0.25) is 0 Å². The molecule has 0 bridgehead atoms. The van der Waals surface area contributed by atoms with E-state index in [0.29, 0.717) is 17.9 Å². The normalized spacial score (nSPS) is 9.89. The van der Waals surface area contributed by atoms with Gasteiger partial charge in [-0.2, -0.15) is 0 Å². The van der Waals surface area contributed by atoms with E-state index in [-0.39, 0.29) is 0 Å². The zero-order valence-corrected chi connectivity index (χ0v) is 10.5. The molecule has 0 amide bonds. The van der Waals surface area contributed by atoms with Crippen LogP contribution in [0.15, 0.2) is 49.6 Å². The van der Waals surface area contributed by atoms with Crippen molar-refractivity contribution < 1.29 is 9.53 Å². The van der Waals surface area contributed by atoms with Crippen molar-refractivity contribution in [3.8, 4) is 16.9 Å². The molecule has 96 valence electrons. The number of hydrogen-bond acceptors (Lipinski definition) is 4. The van der Waals surface area contributed by atoms with Gasteiger partial charge in [-0.05, 0) is 24.1 Å². The van der Waals surface area contributed by atoms with Gasteiger partial charge in [-0.3, -0.25) is 4.79 Å². The zero-order chi connectivity index (χ0) is 13.5. The molecule has 0 aliphatic heterocycles. The van der Waals surface area contributed by atoms with E-state index in [1.165, 1.54) is 6.33 Å². The summed E-state index contributed by atoms with van der Waals surface area (Å²) >= 11 is 0. The number of benzene rings is 1. The number of nitrogens with zero attached hydrogens (tertiary/aromatic N) is 2. The van der Waals surface area contributed by atoms with Gasteiger partial charge in [0.2, 0.25) is 0 Å².